The van der Waals surface area contributed by atoms with Gasteiger partial charge in [-0.3, -0.25) is 4.98 Å². The van der Waals surface area contributed by atoms with Crippen LogP contribution in [0.1, 0.15) is 23.7 Å². The summed E-state index contributed by atoms with van der Waals surface area (Å²) in [5, 5.41) is 4.59. The van der Waals surface area contributed by atoms with E-state index >= 15 is 0 Å². The Balaban J connectivity index is 1.60. The van der Waals surface area contributed by atoms with Crippen LogP contribution in [0.25, 0.3) is 11.0 Å². The lowest BCUT2D eigenvalue weighted by molar-refractivity contribution is 0.365. The second-order valence-electron chi connectivity index (χ2n) is 7.37. The van der Waals surface area contributed by atoms with Crippen molar-refractivity contribution in [1.29, 1.82) is 0 Å². The zero-order valence-electron chi connectivity index (χ0n) is 17.3. The standard InChI is InChI=1S/C24H20N4O2S2/c1-31-18-13-11-17(12-14-18)22-15-24(23-16-25-20-9-5-6-10-21(20)26-23)28(27-22)32(29,30)19-7-3-2-4-8-19/h2-14,16,24H,15H2,1H3/t24-/m1/s1. The number of nitrogens with zero attached hydrogens (tertiary/aromatic N) is 4. The van der Waals surface area contributed by atoms with Gasteiger partial charge in [-0.05, 0) is 48.2 Å². The van der Waals surface area contributed by atoms with Crippen LogP contribution in [-0.2, 0) is 10.0 Å². The Morgan fingerprint density at radius 1 is 0.906 bits per heavy atom. The Bertz CT molecular complexity index is 1410. The van der Waals surface area contributed by atoms with E-state index in [1.807, 2.05) is 54.8 Å². The smallest absolute Gasteiger partial charge is 0.253 e. The minimum atomic E-state index is -3.87. The number of hydrazone groups is 1. The quantitative estimate of drug-likeness (QED) is 0.396. The van der Waals surface area contributed by atoms with E-state index < -0.39 is 16.1 Å². The first-order chi connectivity index (χ1) is 15.6. The second-order valence-corrected chi connectivity index (χ2v) is 10.0. The average Bonchev–Trinajstić information content (AvgIpc) is 3.31. The van der Waals surface area contributed by atoms with Crippen LogP contribution >= 0.6 is 11.8 Å². The van der Waals surface area contributed by atoms with Crippen LogP contribution < -0.4 is 0 Å². The van der Waals surface area contributed by atoms with Crippen LogP contribution in [0.2, 0.25) is 0 Å². The highest BCUT2D eigenvalue weighted by molar-refractivity contribution is 7.98. The minimum absolute atomic E-state index is 0.196. The summed E-state index contributed by atoms with van der Waals surface area (Å²) < 4.78 is 28.2. The molecule has 1 atom stereocenters. The molecule has 4 aromatic rings. The monoisotopic (exact) mass is 460 g/mol. The Kier molecular flexibility index (Phi) is 5.40. The maximum atomic E-state index is 13.5. The molecule has 6 nitrogen and oxygen atoms in total. The number of fused-ring (bicyclic) bond motifs is 1. The first-order valence-electron chi connectivity index (χ1n) is 10.1. The highest BCUT2D eigenvalue weighted by Crippen LogP contribution is 2.36. The third-order valence-corrected chi connectivity index (χ3v) is 7.83. The van der Waals surface area contributed by atoms with E-state index in [2.05, 4.69) is 10.1 Å². The van der Waals surface area contributed by atoms with Gasteiger partial charge in [0.05, 0.1) is 33.5 Å². The molecule has 0 saturated heterocycles. The molecule has 0 spiro atoms. The van der Waals surface area contributed by atoms with E-state index in [1.54, 1.807) is 48.3 Å². The fraction of sp³-hybridized carbons (Fsp3) is 0.125. The largest absolute Gasteiger partial charge is 0.279 e. The summed E-state index contributed by atoms with van der Waals surface area (Å²) >= 11 is 1.66. The molecule has 1 aliphatic rings. The van der Waals surface area contributed by atoms with Crippen LogP contribution in [0, 0.1) is 0 Å². The Morgan fingerprint density at radius 2 is 1.59 bits per heavy atom. The van der Waals surface area contributed by atoms with Crippen molar-refractivity contribution in [2.24, 2.45) is 5.10 Å². The third kappa shape index (κ3) is 3.76. The third-order valence-electron chi connectivity index (χ3n) is 5.39. The molecule has 0 unspecified atom stereocenters. The summed E-state index contributed by atoms with van der Waals surface area (Å²) in [6, 6.07) is 23.3. The lowest BCUT2D eigenvalue weighted by atomic mass is 10.0. The van der Waals surface area contributed by atoms with Crippen LogP contribution in [0.4, 0.5) is 0 Å². The molecule has 2 heterocycles. The molecule has 0 radical (unpaired) electrons. The van der Waals surface area contributed by atoms with E-state index in [-0.39, 0.29) is 4.90 Å². The fourth-order valence-electron chi connectivity index (χ4n) is 3.72. The van der Waals surface area contributed by atoms with E-state index in [0.717, 1.165) is 21.5 Å². The Labute approximate surface area is 191 Å². The lowest BCUT2D eigenvalue weighted by Crippen LogP contribution is -2.28. The van der Waals surface area contributed by atoms with Gasteiger partial charge in [0.2, 0.25) is 0 Å². The number of rotatable bonds is 5. The van der Waals surface area contributed by atoms with Gasteiger partial charge in [0.1, 0.15) is 6.04 Å². The normalized spacial score (nSPS) is 16.3. The van der Waals surface area contributed by atoms with Crippen molar-refractivity contribution >= 4 is 38.5 Å². The van der Waals surface area contributed by atoms with Gasteiger partial charge in [-0.1, -0.05) is 42.5 Å². The number of aromatic nitrogens is 2. The van der Waals surface area contributed by atoms with Gasteiger partial charge in [-0.25, -0.2) is 4.98 Å². The summed E-state index contributed by atoms with van der Waals surface area (Å²) in [5.74, 6) is 0. The molecule has 1 aliphatic heterocycles. The summed E-state index contributed by atoms with van der Waals surface area (Å²) in [5.41, 5.74) is 3.66. The average molecular weight is 461 g/mol. The first-order valence-corrected chi connectivity index (χ1v) is 12.8. The fourth-order valence-corrected chi connectivity index (χ4v) is 5.57. The zero-order chi connectivity index (χ0) is 22.1. The van der Waals surface area contributed by atoms with E-state index in [9.17, 15) is 8.42 Å². The van der Waals surface area contributed by atoms with Crippen LogP contribution in [0.3, 0.4) is 0 Å². The molecule has 1 aromatic heterocycles. The second kappa shape index (κ2) is 8.37. The van der Waals surface area contributed by atoms with Gasteiger partial charge in [0, 0.05) is 11.3 Å². The topological polar surface area (TPSA) is 75.5 Å². The van der Waals surface area contributed by atoms with Crippen molar-refractivity contribution < 1.29 is 8.42 Å². The summed E-state index contributed by atoms with van der Waals surface area (Å²) in [6.07, 6.45) is 4.08. The van der Waals surface area contributed by atoms with Gasteiger partial charge in [-0.2, -0.15) is 17.9 Å². The van der Waals surface area contributed by atoms with Gasteiger partial charge in [0.25, 0.3) is 10.0 Å². The number of thioether (sulfide) groups is 1. The number of hydrogen-bond acceptors (Lipinski definition) is 6. The Hall–Kier alpha value is -3.23. The SMILES string of the molecule is CSc1ccc(C2=NN(S(=O)(=O)c3ccccc3)[C@@H](c3cnc4ccccc4n3)C2)cc1. The number of benzene rings is 3. The Morgan fingerprint density at radius 3 is 2.31 bits per heavy atom. The maximum absolute atomic E-state index is 13.5. The van der Waals surface area contributed by atoms with Crippen LogP contribution in [0.5, 0.6) is 0 Å². The van der Waals surface area contributed by atoms with Gasteiger partial charge < -0.3 is 0 Å². The lowest BCUT2D eigenvalue weighted by Gasteiger charge is -2.22. The van der Waals surface area contributed by atoms with Crippen molar-refractivity contribution in [2.45, 2.75) is 22.3 Å². The highest BCUT2D eigenvalue weighted by atomic mass is 32.2. The molecule has 0 bridgehead atoms. The van der Waals surface area contributed by atoms with Crippen molar-refractivity contribution in [2.75, 3.05) is 6.26 Å². The summed E-state index contributed by atoms with van der Waals surface area (Å²) in [4.78, 5) is 10.6. The molecule has 8 heteroatoms. The number of hydrogen-bond donors (Lipinski definition) is 0. The van der Waals surface area contributed by atoms with Crippen molar-refractivity contribution in [3.8, 4) is 0 Å². The van der Waals surface area contributed by atoms with Crippen LogP contribution in [-0.4, -0.2) is 34.8 Å². The van der Waals surface area contributed by atoms with Crippen molar-refractivity contribution in [3.63, 3.8) is 0 Å². The summed E-state index contributed by atoms with van der Waals surface area (Å²) in [6.45, 7) is 0. The molecule has 5 rings (SSSR count). The van der Waals surface area contributed by atoms with E-state index in [1.165, 1.54) is 4.41 Å². The van der Waals surface area contributed by atoms with Crippen molar-refractivity contribution in [1.82, 2.24) is 14.4 Å². The number of para-hydroxylation sites is 2. The van der Waals surface area contributed by atoms with Gasteiger partial charge in [0.15, 0.2) is 0 Å². The minimum Gasteiger partial charge on any atom is -0.253 e. The number of sulfonamides is 1. The molecular formula is C24H20N4O2S2. The van der Waals surface area contributed by atoms with Crippen LogP contribution in [0.15, 0.2) is 100.0 Å². The molecule has 32 heavy (non-hydrogen) atoms. The molecule has 3 aromatic carbocycles. The van der Waals surface area contributed by atoms with Gasteiger partial charge >= 0.3 is 0 Å². The molecule has 0 amide bonds. The molecule has 0 N–H and O–H groups in total. The molecule has 0 aliphatic carbocycles. The molecule has 0 fully saturated rings. The van der Waals surface area contributed by atoms with E-state index in [4.69, 9.17) is 4.98 Å². The van der Waals surface area contributed by atoms with Crippen molar-refractivity contribution in [3.05, 3.63) is 96.3 Å². The molecule has 0 saturated carbocycles. The predicted octanol–water partition coefficient (Wildman–Crippen LogP) is 4.89. The van der Waals surface area contributed by atoms with E-state index in [0.29, 0.717) is 17.8 Å². The molecular weight excluding hydrogens is 440 g/mol. The predicted molar refractivity (Wildman–Crippen MR) is 127 cm³/mol. The van der Waals surface area contributed by atoms with Gasteiger partial charge in [-0.15, -0.1) is 11.8 Å². The summed E-state index contributed by atoms with van der Waals surface area (Å²) in [7, 11) is -3.87. The maximum Gasteiger partial charge on any atom is 0.279 e. The first kappa shape index (κ1) is 20.7. The highest BCUT2D eigenvalue weighted by Gasteiger charge is 2.38. The molecule has 160 valence electrons. The zero-order valence-corrected chi connectivity index (χ0v) is 18.9.